The van der Waals surface area contributed by atoms with E-state index in [9.17, 15) is 17.6 Å². The molecule has 0 aliphatic heterocycles. The van der Waals surface area contributed by atoms with Crippen LogP contribution in [0.5, 0.6) is 0 Å². The van der Waals surface area contributed by atoms with Gasteiger partial charge in [-0.05, 0) is 54.8 Å². The molecule has 168 valence electrons. The summed E-state index contributed by atoms with van der Waals surface area (Å²) in [6.07, 6.45) is 0.708. The molecule has 3 rings (SSSR count). The minimum absolute atomic E-state index is 0.0313. The highest BCUT2D eigenvalue weighted by Gasteiger charge is 2.28. The van der Waals surface area contributed by atoms with Crippen molar-refractivity contribution in [2.45, 2.75) is 31.7 Å². The number of carbonyl (C=O) groups excluding carboxylic acids is 1. The molecule has 0 aliphatic carbocycles. The lowest BCUT2D eigenvalue weighted by Gasteiger charge is -2.23. The van der Waals surface area contributed by atoms with Crippen molar-refractivity contribution in [3.05, 3.63) is 94.3 Å². The summed E-state index contributed by atoms with van der Waals surface area (Å²) >= 11 is 5.89. The molecule has 0 saturated heterocycles. The Balaban J connectivity index is 1.93. The monoisotopic (exact) mass is 474 g/mol. The van der Waals surface area contributed by atoms with Crippen LogP contribution in [0.4, 0.5) is 10.1 Å². The molecule has 1 amide bonds. The summed E-state index contributed by atoms with van der Waals surface area (Å²) in [5.74, 6) is -1.06. The van der Waals surface area contributed by atoms with Crippen LogP contribution in [0.3, 0.4) is 0 Å². The summed E-state index contributed by atoms with van der Waals surface area (Å²) in [5.41, 5.74) is 2.65. The number of hydrogen-bond donors (Lipinski definition) is 1. The van der Waals surface area contributed by atoms with E-state index in [1.807, 2.05) is 32.0 Å². The summed E-state index contributed by atoms with van der Waals surface area (Å²) < 4.78 is 41.9. The first-order valence-corrected chi connectivity index (χ1v) is 11.9. The SMILES string of the molecule is CCc1cccc(C)c1NC(=O)CN(Cc1ccccc1F)S(=O)(=O)c1ccc(Cl)cc1. The van der Waals surface area contributed by atoms with Gasteiger partial charge in [0.2, 0.25) is 15.9 Å². The van der Waals surface area contributed by atoms with Crippen LogP contribution in [-0.4, -0.2) is 25.2 Å². The fourth-order valence-corrected chi connectivity index (χ4v) is 4.84. The number of benzene rings is 3. The second-order valence-electron chi connectivity index (χ2n) is 7.33. The molecule has 3 aromatic carbocycles. The van der Waals surface area contributed by atoms with E-state index in [1.54, 1.807) is 6.07 Å². The Bertz CT molecular complexity index is 1210. The van der Waals surface area contributed by atoms with Gasteiger partial charge in [-0.1, -0.05) is 54.9 Å². The van der Waals surface area contributed by atoms with E-state index in [0.717, 1.165) is 15.4 Å². The number of hydrogen-bond acceptors (Lipinski definition) is 3. The van der Waals surface area contributed by atoms with Gasteiger partial charge in [0.1, 0.15) is 5.82 Å². The van der Waals surface area contributed by atoms with E-state index < -0.39 is 28.3 Å². The van der Waals surface area contributed by atoms with Gasteiger partial charge in [0.25, 0.3) is 0 Å². The number of rotatable bonds is 8. The van der Waals surface area contributed by atoms with Gasteiger partial charge >= 0.3 is 0 Å². The van der Waals surface area contributed by atoms with Crippen molar-refractivity contribution < 1.29 is 17.6 Å². The Morgan fingerprint density at radius 3 is 2.31 bits per heavy atom. The van der Waals surface area contributed by atoms with Gasteiger partial charge in [0.05, 0.1) is 11.4 Å². The highest BCUT2D eigenvalue weighted by molar-refractivity contribution is 7.89. The zero-order valence-corrected chi connectivity index (χ0v) is 19.4. The Hall–Kier alpha value is -2.74. The average molecular weight is 475 g/mol. The van der Waals surface area contributed by atoms with Crippen molar-refractivity contribution in [1.29, 1.82) is 0 Å². The van der Waals surface area contributed by atoms with Gasteiger partial charge in [-0.15, -0.1) is 0 Å². The molecule has 0 bridgehead atoms. The number of halogens is 2. The van der Waals surface area contributed by atoms with Crippen LogP contribution in [0.25, 0.3) is 0 Å². The van der Waals surface area contributed by atoms with Crippen LogP contribution in [0.2, 0.25) is 5.02 Å². The second kappa shape index (κ2) is 10.3. The summed E-state index contributed by atoms with van der Waals surface area (Å²) in [6, 6.07) is 17.2. The van der Waals surface area contributed by atoms with Gasteiger partial charge in [-0.2, -0.15) is 4.31 Å². The lowest BCUT2D eigenvalue weighted by molar-refractivity contribution is -0.116. The molecule has 0 unspecified atom stereocenters. The van der Waals surface area contributed by atoms with Crippen molar-refractivity contribution in [2.75, 3.05) is 11.9 Å². The quantitative estimate of drug-likeness (QED) is 0.489. The second-order valence-corrected chi connectivity index (χ2v) is 9.70. The van der Waals surface area contributed by atoms with Crippen LogP contribution in [0.1, 0.15) is 23.6 Å². The number of nitrogens with zero attached hydrogens (tertiary/aromatic N) is 1. The van der Waals surface area contributed by atoms with Crippen LogP contribution >= 0.6 is 11.6 Å². The largest absolute Gasteiger partial charge is 0.324 e. The lowest BCUT2D eigenvalue weighted by Crippen LogP contribution is -2.38. The first kappa shape index (κ1) is 23.9. The molecule has 0 aromatic heterocycles. The number of nitrogens with one attached hydrogen (secondary N) is 1. The predicted molar refractivity (Wildman–Crippen MR) is 125 cm³/mol. The molecule has 0 saturated carbocycles. The van der Waals surface area contributed by atoms with E-state index in [-0.39, 0.29) is 17.0 Å². The molecule has 0 heterocycles. The maximum absolute atomic E-state index is 14.3. The highest BCUT2D eigenvalue weighted by atomic mass is 35.5. The number of para-hydroxylation sites is 1. The molecule has 5 nitrogen and oxygen atoms in total. The highest BCUT2D eigenvalue weighted by Crippen LogP contribution is 2.24. The summed E-state index contributed by atoms with van der Waals surface area (Å²) in [5, 5.41) is 3.22. The van der Waals surface area contributed by atoms with Crippen LogP contribution in [0, 0.1) is 12.7 Å². The fraction of sp³-hybridized carbons (Fsp3) is 0.208. The molecule has 8 heteroatoms. The van der Waals surface area contributed by atoms with Crippen LogP contribution < -0.4 is 5.32 Å². The zero-order chi connectivity index (χ0) is 23.3. The van der Waals surface area contributed by atoms with Crippen molar-refractivity contribution in [1.82, 2.24) is 4.31 Å². The predicted octanol–water partition coefficient (Wildman–Crippen LogP) is 5.18. The summed E-state index contributed by atoms with van der Waals surface area (Å²) in [6.45, 7) is 3.08. The van der Waals surface area contributed by atoms with Gasteiger partial charge < -0.3 is 5.32 Å². The first-order valence-electron chi connectivity index (χ1n) is 10.1. The van der Waals surface area contributed by atoms with E-state index in [0.29, 0.717) is 17.1 Å². The maximum atomic E-state index is 14.3. The van der Waals surface area contributed by atoms with E-state index in [1.165, 1.54) is 42.5 Å². The minimum Gasteiger partial charge on any atom is -0.324 e. The third kappa shape index (κ3) is 5.54. The lowest BCUT2D eigenvalue weighted by atomic mass is 10.1. The molecular weight excluding hydrogens is 451 g/mol. The van der Waals surface area contributed by atoms with E-state index >= 15 is 0 Å². The smallest absolute Gasteiger partial charge is 0.243 e. The third-order valence-electron chi connectivity index (χ3n) is 5.08. The molecule has 3 aromatic rings. The Labute approximate surface area is 192 Å². The summed E-state index contributed by atoms with van der Waals surface area (Å²) in [4.78, 5) is 12.9. The number of amides is 1. The van der Waals surface area contributed by atoms with Gasteiger partial charge in [-0.3, -0.25) is 4.79 Å². The van der Waals surface area contributed by atoms with Gasteiger partial charge in [0.15, 0.2) is 0 Å². The number of anilines is 1. The Kier molecular flexibility index (Phi) is 7.66. The van der Waals surface area contributed by atoms with Crippen molar-refractivity contribution >= 4 is 33.2 Å². The minimum atomic E-state index is -4.10. The Morgan fingerprint density at radius 2 is 1.66 bits per heavy atom. The number of carbonyl (C=O) groups is 1. The molecule has 0 aliphatic rings. The topological polar surface area (TPSA) is 66.5 Å². The van der Waals surface area contributed by atoms with Crippen molar-refractivity contribution in [3.63, 3.8) is 0 Å². The van der Waals surface area contributed by atoms with Gasteiger partial charge in [-0.25, -0.2) is 12.8 Å². The first-order chi connectivity index (χ1) is 15.2. The summed E-state index contributed by atoms with van der Waals surface area (Å²) in [7, 11) is -4.10. The molecule has 0 atom stereocenters. The van der Waals surface area contributed by atoms with Crippen LogP contribution in [-0.2, 0) is 27.8 Å². The molecule has 0 fully saturated rings. The number of aryl methyl sites for hydroxylation is 2. The maximum Gasteiger partial charge on any atom is 0.243 e. The molecule has 0 spiro atoms. The standard InChI is InChI=1S/C24H24ClFN2O3S/c1-3-18-9-6-7-17(2)24(18)27-23(29)16-28(15-19-8-4-5-10-22(19)26)32(30,31)21-13-11-20(25)12-14-21/h4-14H,3,15-16H2,1-2H3,(H,27,29). The van der Waals surface area contributed by atoms with Crippen molar-refractivity contribution in [2.24, 2.45) is 0 Å². The van der Waals surface area contributed by atoms with E-state index in [2.05, 4.69) is 5.32 Å². The number of sulfonamides is 1. The normalized spacial score (nSPS) is 11.5. The third-order valence-corrected chi connectivity index (χ3v) is 7.14. The van der Waals surface area contributed by atoms with Crippen molar-refractivity contribution in [3.8, 4) is 0 Å². The van der Waals surface area contributed by atoms with E-state index in [4.69, 9.17) is 11.6 Å². The van der Waals surface area contributed by atoms with Crippen LogP contribution in [0.15, 0.2) is 71.6 Å². The molecular formula is C24H24ClFN2O3S. The molecule has 32 heavy (non-hydrogen) atoms. The molecule has 1 N–H and O–H groups in total. The zero-order valence-electron chi connectivity index (χ0n) is 17.8. The average Bonchev–Trinajstić information content (AvgIpc) is 2.76. The fourth-order valence-electron chi connectivity index (χ4n) is 3.34. The van der Waals surface area contributed by atoms with Gasteiger partial charge in [0, 0.05) is 22.8 Å². The molecule has 0 radical (unpaired) electrons. The Morgan fingerprint density at radius 1 is 1.00 bits per heavy atom.